The van der Waals surface area contributed by atoms with Gasteiger partial charge in [-0.2, -0.15) is 0 Å². The normalized spacial score (nSPS) is 16.0. The van der Waals surface area contributed by atoms with Gasteiger partial charge in [0.25, 0.3) is 11.8 Å². The van der Waals surface area contributed by atoms with Gasteiger partial charge in [-0.1, -0.05) is 0 Å². The second-order valence-electron chi connectivity index (χ2n) is 7.47. The second-order valence-corrected chi connectivity index (χ2v) is 7.47. The predicted molar refractivity (Wildman–Crippen MR) is 106 cm³/mol. The molecule has 4 aromatic rings. The smallest absolute Gasteiger partial charge is 0.255 e. The Kier molecular flexibility index (Phi) is 4.49. The summed E-state index contributed by atoms with van der Waals surface area (Å²) < 4.78 is 42.9. The number of aromatic amines is 1. The molecule has 3 aromatic heterocycles. The molecular formula is C21H17F3N6O. The highest BCUT2D eigenvalue weighted by atomic mass is 19.3. The molecule has 0 saturated carbocycles. The van der Waals surface area contributed by atoms with Crippen molar-refractivity contribution >= 4 is 16.9 Å². The molecule has 0 unspecified atom stereocenters. The van der Waals surface area contributed by atoms with Gasteiger partial charge in [0.15, 0.2) is 5.82 Å². The van der Waals surface area contributed by atoms with Gasteiger partial charge >= 0.3 is 0 Å². The average Bonchev–Trinajstić information content (AvgIpc) is 3.43. The maximum atomic E-state index is 14.6. The van der Waals surface area contributed by atoms with Gasteiger partial charge < -0.3 is 9.88 Å². The molecule has 5 rings (SSSR count). The molecular weight excluding hydrogens is 409 g/mol. The van der Waals surface area contributed by atoms with Crippen LogP contribution in [-0.2, 0) is 0 Å². The number of nitrogens with one attached hydrogen (secondary N) is 1. The molecule has 10 heteroatoms. The highest BCUT2D eigenvalue weighted by molar-refractivity contribution is 5.97. The van der Waals surface area contributed by atoms with Crippen LogP contribution in [-0.4, -0.2) is 54.6 Å². The molecule has 1 saturated heterocycles. The first-order chi connectivity index (χ1) is 14.9. The molecule has 158 valence electrons. The summed E-state index contributed by atoms with van der Waals surface area (Å²) in [6, 6.07) is 7.93. The Labute approximate surface area is 174 Å². The number of amides is 1. The number of likely N-dealkylation sites (tertiary alicyclic amines) is 1. The van der Waals surface area contributed by atoms with Gasteiger partial charge in [-0.05, 0) is 30.3 Å². The van der Waals surface area contributed by atoms with E-state index in [0.717, 1.165) is 0 Å². The standard InChI is InChI=1S/C21H17F3N6O/c22-16-2-1-13(18-26-12-27-28-18)10-17(16)30-6-3-14-9-15(11-25-19(14)30)20(31)29-7-4-21(23,24)5-8-29/h1-3,6,9-12H,4-5,7-8H2,(H,26,27,28). The maximum Gasteiger partial charge on any atom is 0.255 e. The van der Waals surface area contributed by atoms with Gasteiger partial charge in [-0.15, -0.1) is 10.2 Å². The monoisotopic (exact) mass is 426 g/mol. The molecule has 1 amide bonds. The highest BCUT2D eigenvalue weighted by Crippen LogP contribution is 2.29. The van der Waals surface area contributed by atoms with Crippen LogP contribution in [0.2, 0.25) is 0 Å². The maximum absolute atomic E-state index is 14.6. The van der Waals surface area contributed by atoms with Crippen molar-refractivity contribution in [2.75, 3.05) is 13.1 Å². The summed E-state index contributed by atoms with van der Waals surface area (Å²) in [7, 11) is 0. The zero-order valence-electron chi connectivity index (χ0n) is 16.2. The van der Waals surface area contributed by atoms with Crippen molar-refractivity contribution in [1.82, 2.24) is 29.6 Å². The van der Waals surface area contributed by atoms with Crippen LogP contribution in [0.25, 0.3) is 28.1 Å². The molecule has 4 heterocycles. The van der Waals surface area contributed by atoms with Gasteiger partial charge in [0, 0.05) is 49.3 Å². The Hall–Kier alpha value is -3.69. The number of hydrogen-bond donors (Lipinski definition) is 1. The molecule has 1 fully saturated rings. The van der Waals surface area contributed by atoms with E-state index in [1.807, 2.05) is 0 Å². The summed E-state index contributed by atoms with van der Waals surface area (Å²) in [6.45, 7) is 0.00897. The van der Waals surface area contributed by atoms with Gasteiger partial charge in [0.2, 0.25) is 0 Å². The number of benzene rings is 1. The summed E-state index contributed by atoms with van der Waals surface area (Å²) >= 11 is 0. The van der Waals surface area contributed by atoms with Gasteiger partial charge in [-0.25, -0.2) is 18.2 Å². The number of pyridine rings is 1. The summed E-state index contributed by atoms with van der Waals surface area (Å²) in [5.41, 5.74) is 1.71. The minimum Gasteiger partial charge on any atom is -0.338 e. The number of hydrogen-bond acceptors (Lipinski definition) is 4. The molecule has 0 bridgehead atoms. The molecule has 1 N–H and O–H groups in total. The van der Waals surface area contributed by atoms with Crippen LogP contribution in [0.1, 0.15) is 23.2 Å². The lowest BCUT2D eigenvalue weighted by atomic mass is 10.1. The van der Waals surface area contributed by atoms with E-state index in [2.05, 4.69) is 20.2 Å². The van der Waals surface area contributed by atoms with E-state index in [0.29, 0.717) is 28.0 Å². The number of carbonyl (C=O) groups excluding carboxylic acids is 1. The summed E-state index contributed by atoms with van der Waals surface area (Å²) in [4.78, 5) is 21.4. The van der Waals surface area contributed by atoms with Crippen molar-refractivity contribution in [1.29, 1.82) is 0 Å². The zero-order valence-corrected chi connectivity index (χ0v) is 16.2. The topological polar surface area (TPSA) is 79.7 Å². The number of halogens is 3. The largest absolute Gasteiger partial charge is 0.338 e. The number of alkyl halides is 2. The zero-order chi connectivity index (χ0) is 21.6. The van der Waals surface area contributed by atoms with E-state index < -0.39 is 11.7 Å². The van der Waals surface area contributed by atoms with E-state index in [1.165, 1.54) is 23.5 Å². The van der Waals surface area contributed by atoms with Crippen LogP contribution in [0.15, 0.2) is 49.1 Å². The number of H-pyrrole nitrogens is 1. The Balaban J connectivity index is 1.47. The van der Waals surface area contributed by atoms with Crippen molar-refractivity contribution in [3.63, 3.8) is 0 Å². The quantitative estimate of drug-likeness (QED) is 0.540. The molecule has 0 atom stereocenters. The fourth-order valence-corrected chi connectivity index (χ4v) is 3.75. The summed E-state index contributed by atoms with van der Waals surface area (Å²) in [5.74, 6) is -3.00. The minimum atomic E-state index is -2.72. The van der Waals surface area contributed by atoms with Crippen molar-refractivity contribution in [2.24, 2.45) is 0 Å². The Bertz CT molecular complexity index is 1260. The third kappa shape index (κ3) is 3.54. The Morgan fingerprint density at radius 1 is 1.13 bits per heavy atom. The van der Waals surface area contributed by atoms with E-state index in [4.69, 9.17) is 0 Å². The van der Waals surface area contributed by atoms with Crippen molar-refractivity contribution in [2.45, 2.75) is 18.8 Å². The van der Waals surface area contributed by atoms with Gasteiger partial charge in [0.1, 0.15) is 17.8 Å². The lowest BCUT2D eigenvalue weighted by Gasteiger charge is -2.31. The Morgan fingerprint density at radius 2 is 1.94 bits per heavy atom. The van der Waals surface area contributed by atoms with Gasteiger partial charge in [-0.3, -0.25) is 9.36 Å². The van der Waals surface area contributed by atoms with E-state index in [-0.39, 0.29) is 37.5 Å². The number of rotatable bonds is 3. The van der Waals surface area contributed by atoms with Crippen molar-refractivity contribution < 1.29 is 18.0 Å². The van der Waals surface area contributed by atoms with E-state index in [9.17, 15) is 18.0 Å². The molecule has 1 aliphatic heterocycles. The first-order valence-corrected chi connectivity index (χ1v) is 9.72. The van der Waals surface area contributed by atoms with Gasteiger partial charge in [0.05, 0.1) is 11.3 Å². The van der Waals surface area contributed by atoms with Crippen LogP contribution in [0.4, 0.5) is 13.2 Å². The van der Waals surface area contributed by atoms with Crippen LogP contribution < -0.4 is 0 Å². The number of fused-ring (bicyclic) bond motifs is 1. The van der Waals surface area contributed by atoms with Crippen LogP contribution in [0, 0.1) is 5.82 Å². The molecule has 0 spiro atoms. The molecule has 31 heavy (non-hydrogen) atoms. The number of carbonyl (C=O) groups is 1. The average molecular weight is 426 g/mol. The predicted octanol–water partition coefficient (Wildman–Crippen LogP) is 3.82. The molecule has 1 aromatic carbocycles. The number of piperidine rings is 1. The molecule has 7 nitrogen and oxygen atoms in total. The van der Waals surface area contributed by atoms with Crippen LogP contribution >= 0.6 is 0 Å². The lowest BCUT2D eigenvalue weighted by molar-refractivity contribution is -0.0494. The fourth-order valence-electron chi connectivity index (χ4n) is 3.75. The van der Waals surface area contributed by atoms with Crippen molar-refractivity contribution in [3.8, 4) is 17.1 Å². The van der Waals surface area contributed by atoms with Crippen molar-refractivity contribution in [3.05, 3.63) is 60.4 Å². The first kappa shape index (κ1) is 19.3. The minimum absolute atomic E-state index is 0.00449. The Morgan fingerprint density at radius 3 is 2.68 bits per heavy atom. The highest BCUT2D eigenvalue weighted by Gasteiger charge is 2.35. The molecule has 0 aliphatic carbocycles. The lowest BCUT2D eigenvalue weighted by Crippen LogP contribution is -2.42. The van der Waals surface area contributed by atoms with E-state index >= 15 is 0 Å². The SMILES string of the molecule is O=C(c1cnc2c(ccn2-c2cc(-c3nnc[nH]3)ccc2F)c1)N1CCC(F)(F)CC1. The summed E-state index contributed by atoms with van der Waals surface area (Å²) in [5, 5.41) is 8.32. The molecule has 0 radical (unpaired) electrons. The first-order valence-electron chi connectivity index (χ1n) is 9.72. The summed E-state index contributed by atoms with van der Waals surface area (Å²) in [6.07, 6.45) is 3.81. The fraction of sp³-hybridized carbons (Fsp3) is 0.238. The van der Waals surface area contributed by atoms with Crippen LogP contribution in [0.3, 0.4) is 0 Å². The number of nitrogens with zero attached hydrogens (tertiary/aromatic N) is 5. The van der Waals surface area contributed by atoms with E-state index in [1.54, 1.807) is 35.0 Å². The van der Waals surface area contributed by atoms with Crippen LogP contribution in [0.5, 0.6) is 0 Å². The third-order valence-corrected chi connectivity index (χ3v) is 5.45. The second kappa shape index (κ2) is 7.22. The number of aromatic nitrogens is 5. The third-order valence-electron chi connectivity index (χ3n) is 5.45. The molecule has 1 aliphatic rings.